The van der Waals surface area contributed by atoms with Gasteiger partial charge >= 0.3 is 5.97 Å². The van der Waals surface area contributed by atoms with Gasteiger partial charge in [-0.3, -0.25) is 9.59 Å². The number of aromatic nitrogens is 1. The van der Waals surface area contributed by atoms with Crippen LogP contribution in [-0.4, -0.2) is 22.0 Å². The van der Waals surface area contributed by atoms with Gasteiger partial charge in [-0.2, -0.15) is 0 Å². The molecule has 0 aliphatic rings. The molecule has 0 radical (unpaired) electrons. The molecule has 0 fully saturated rings. The van der Waals surface area contributed by atoms with Crippen molar-refractivity contribution in [1.29, 1.82) is 0 Å². The highest BCUT2D eigenvalue weighted by atomic mass is 16.4. The van der Waals surface area contributed by atoms with Crippen LogP contribution in [0.2, 0.25) is 0 Å². The second-order valence-corrected chi connectivity index (χ2v) is 5.76. The summed E-state index contributed by atoms with van der Waals surface area (Å²) >= 11 is 0. The largest absolute Gasteiger partial charge is 0.481 e. The molecule has 1 atom stereocenters. The van der Waals surface area contributed by atoms with E-state index in [0.29, 0.717) is 5.69 Å². The Morgan fingerprint density at radius 2 is 1.88 bits per heavy atom. The van der Waals surface area contributed by atoms with Gasteiger partial charge in [0.2, 0.25) is 0 Å². The van der Waals surface area contributed by atoms with Crippen LogP contribution in [0, 0.1) is 6.92 Å². The topological polar surface area (TPSA) is 82.2 Å². The lowest BCUT2D eigenvalue weighted by atomic mass is 10.0. The Bertz CT molecular complexity index is 884. The number of aryl methyl sites for hydroxylation is 1. The predicted molar refractivity (Wildman–Crippen MR) is 91.9 cm³/mol. The molecule has 3 N–H and O–H groups in total. The molecule has 24 heavy (non-hydrogen) atoms. The maximum Gasteiger partial charge on any atom is 0.305 e. The smallest absolute Gasteiger partial charge is 0.305 e. The van der Waals surface area contributed by atoms with E-state index in [1.165, 1.54) is 0 Å². The highest BCUT2D eigenvalue weighted by Crippen LogP contribution is 2.21. The molecule has 1 amide bonds. The Hall–Kier alpha value is -3.08. The number of aliphatic carboxylic acids is 1. The number of amides is 1. The average Bonchev–Trinajstić information content (AvgIpc) is 3.00. The van der Waals surface area contributed by atoms with Crippen molar-refractivity contribution in [3.8, 4) is 0 Å². The van der Waals surface area contributed by atoms with Crippen molar-refractivity contribution in [3.63, 3.8) is 0 Å². The summed E-state index contributed by atoms with van der Waals surface area (Å²) in [4.78, 5) is 26.8. The van der Waals surface area contributed by atoms with Gasteiger partial charge in [0.25, 0.3) is 5.91 Å². The zero-order valence-electron chi connectivity index (χ0n) is 13.2. The lowest BCUT2D eigenvalue weighted by Gasteiger charge is -2.17. The average molecular weight is 322 g/mol. The highest BCUT2D eigenvalue weighted by Gasteiger charge is 2.20. The number of aromatic amines is 1. The van der Waals surface area contributed by atoms with E-state index < -0.39 is 12.0 Å². The fourth-order valence-electron chi connectivity index (χ4n) is 2.78. The van der Waals surface area contributed by atoms with Crippen LogP contribution in [0.3, 0.4) is 0 Å². The SMILES string of the molecule is Cc1cccc2cc(C(=O)N[C@@H](CC(=O)O)c3ccccc3)[nH]c12. The molecule has 3 aromatic rings. The van der Waals surface area contributed by atoms with Gasteiger partial charge in [0.15, 0.2) is 0 Å². The number of nitrogens with one attached hydrogen (secondary N) is 2. The number of hydrogen-bond donors (Lipinski definition) is 3. The van der Waals surface area contributed by atoms with Crippen molar-refractivity contribution < 1.29 is 14.7 Å². The Balaban J connectivity index is 1.87. The second kappa shape index (κ2) is 6.58. The fourth-order valence-corrected chi connectivity index (χ4v) is 2.78. The lowest BCUT2D eigenvalue weighted by Crippen LogP contribution is -2.30. The van der Waals surface area contributed by atoms with Crippen LogP contribution in [0.25, 0.3) is 10.9 Å². The molecule has 1 aromatic heterocycles. The summed E-state index contributed by atoms with van der Waals surface area (Å²) in [6.07, 6.45) is -0.172. The minimum absolute atomic E-state index is 0.172. The molecule has 0 spiro atoms. The van der Waals surface area contributed by atoms with E-state index in [1.54, 1.807) is 6.07 Å². The van der Waals surface area contributed by atoms with Crippen LogP contribution in [0.15, 0.2) is 54.6 Å². The molecule has 122 valence electrons. The van der Waals surface area contributed by atoms with Gasteiger partial charge in [-0.15, -0.1) is 0 Å². The van der Waals surface area contributed by atoms with E-state index in [9.17, 15) is 9.59 Å². The number of benzene rings is 2. The number of rotatable bonds is 5. The number of para-hydroxylation sites is 1. The van der Waals surface area contributed by atoms with Crippen molar-refractivity contribution in [3.05, 3.63) is 71.4 Å². The second-order valence-electron chi connectivity index (χ2n) is 5.76. The molecule has 3 rings (SSSR count). The van der Waals surface area contributed by atoms with E-state index in [4.69, 9.17) is 5.11 Å². The molecule has 2 aromatic carbocycles. The standard InChI is InChI=1S/C19H18N2O3/c1-12-6-5-9-14-10-16(20-18(12)14)19(24)21-15(11-17(22)23)13-7-3-2-4-8-13/h2-10,15,20H,11H2,1H3,(H,21,24)(H,22,23)/t15-/m0/s1. The van der Waals surface area contributed by atoms with Crippen molar-refractivity contribution in [1.82, 2.24) is 10.3 Å². The van der Waals surface area contributed by atoms with Crippen molar-refractivity contribution >= 4 is 22.8 Å². The first-order chi connectivity index (χ1) is 11.5. The first kappa shape index (κ1) is 15.8. The van der Waals surface area contributed by atoms with E-state index in [-0.39, 0.29) is 12.3 Å². The number of hydrogen-bond acceptors (Lipinski definition) is 2. The molecule has 0 saturated carbocycles. The van der Waals surface area contributed by atoms with Crippen LogP contribution in [0.5, 0.6) is 0 Å². The van der Waals surface area contributed by atoms with Gasteiger partial charge in [0, 0.05) is 10.9 Å². The first-order valence-corrected chi connectivity index (χ1v) is 7.70. The quantitative estimate of drug-likeness (QED) is 0.673. The summed E-state index contributed by atoms with van der Waals surface area (Å²) in [7, 11) is 0. The molecule has 0 bridgehead atoms. The Morgan fingerprint density at radius 3 is 2.54 bits per heavy atom. The van der Waals surface area contributed by atoms with Crippen LogP contribution in [-0.2, 0) is 4.79 Å². The van der Waals surface area contributed by atoms with Crippen molar-refractivity contribution in [2.24, 2.45) is 0 Å². The molecule has 1 heterocycles. The molecule has 0 saturated heterocycles. The molecular weight excluding hydrogens is 304 g/mol. The monoisotopic (exact) mass is 322 g/mol. The minimum atomic E-state index is -0.961. The normalized spacial score (nSPS) is 12.0. The Morgan fingerprint density at radius 1 is 1.12 bits per heavy atom. The summed E-state index contributed by atoms with van der Waals surface area (Å²) in [6.45, 7) is 1.97. The van der Waals surface area contributed by atoms with E-state index in [0.717, 1.165) is 22.0 Å². The maximum absolute atomic E-state index is 12.6. The predicted octanol–water partition coefficient (Wildman–Crippen LogP) is 3.42. The van der Waals surface area contributed by atoms with Gasteiger partial charge in [-0.05, 0) is 24.1 Å². The van der Waals surface area contributed by atoms with Gasteiger partial charge < -0.3 is 15.4 Å². The number of H-pyrrole nitrogens is 1. The number of carbonyl (C=O) groups excluding carboxylic acids is 1. The summed E-state index contributed by atoms with van der Waals surface area (Å²) in [5.41, 5.74) is 3.15. The van der Waals surface area contributed by atoms with E-state index in [2.05, 4.69) is 10.3 Å². The van der Waals surface area contributed by atoms with Crippen LogP contribution in [0.4, 0.5) is 0 Å². The van der Waals surface area contributed by atoms with Crippen LogP contribution in [0.1, 0.15) is 34.1 Å². The van der Waals surface area contributed by atoms with Gasteiger partial charge in [0.05, 0.1) is 12.5 Å². The molecule has 5 nitrogen and oxygen atoms in total. The zero-order chi connectivity index (χ0) is 17.1. The van der Waals surface area contributed by atoms with Crippen LogP contribution >= 0.6 is 0 Å². The summed E-state index contributed by atoms with van der Waals surface area (Å²) in [6, 6.07) is 16.1. The third-order valence-corrected chi connectivity index (χ3v) is 4.00. The maximum atomic E-state index is 12.6. The minimum Gasteiger partial charge on any atom is -0.481 e. The molecule has 0 unspecified atom stereocenters. The van der Waals surface area contributed by atoms with E-state index in [1.807, 2.05) is 55.5 Å². The summed E-state index contributed by atoms with van der Waals surface area (Å²) < 4.78 is 0. The summed E-state index contributed by atoms with van der Waals surface area (Å²) in [5, 5.41) is 12.9. The first-order valence-electron chi connectivity index (χ1n) is 7.70. The number of fused-ring (bicyclic) bond motifs is 1. The number of carboxylic acid groups (broad SMARTS) is 1. The molecular formula is C19H18N2O3. The fraction of sp³-hybridized carbons (Fsp3) is 0.158. The highest BCUT2D eigenvalue weighted by molar-refractivity contribution is 5.99. The Kier molecular flexibility index (Phi) is 4.33. The number of carboxylic acids is 1. The van der Waals surface area contributed by atoms with Crippen LogP contribution < -0.4 is 5.32 Å². The summed E-state index contributed by atoms with van der Waals surface area (Å²) in [5.74, 6) is -1.28. The third-order valence-electron chi connectivity index (χ3n) is 4.00. The lowest BCUT2D eigenvalue weighted by molar-refractivity contribution is -0.137. The van der Waals surface area contributed by atoms with Gasteiger partial charge in [0.1, 0.15) is 5.69 Å². The van der Waals surface area contributed by atoms with Gasteiger partial charge in [-0.25, -0.2) is 0 Å². The van der Waals surface area contributed by atoms with Crippen molar-refractivity contribution in [2.75, 3.05) is 0 Å². The molecule has 0 aliphatic carbocycles. The molecule has 0 aliphatic heterocycles. The Labute approximate surface area is 139 Å². The van der Waals surface area contributed by atoms with Crippen molar-refractivity contribution in [2.45, 2.75) is 19.4 Å². The molecule has 5 heteroatoms. The number of carbonyl (C=O) groups is 2. The zero-order valence-corrected chi connectivity index (χ0v) is 13.2. The van der Waals surface area contributed by atoms with Gasteiger partial charge in [-0.1, -0.05) is 48.5 Å². The third kappa shape index (κ3) is 3.30. The van der Waals surface area contributed by atoms with E-state index >= 15 is 0 Å².